The Morgan fingerprint density at radius 3 is 2.24 bits per heavy atom. The molecule has 0 unspecified atom stereocenters. The molecule has 1 aliphatic heterocycles. The van der Waals surface area contributed by atoms with Crippen LogP contribution in [0.3, 0.4) is 0 Å². The molecule has 0 spiro atoms. The highest BCUT2D eigenvalue weighted by atomic mass is 19.1. The van der Waals surface area contributed by atoms with Crippen molar-refractivity contribution in [2.45, 2.75) is 25.8 Å². The van der Waals surface area contributed by atoms with E-state index in [9.17, 15) is 14.0 Å². The average molecular weight is 397 g/mol. The van der Waals surface area contributed by atoms with E-state index >= 15 is 0 Å². The van der Waals surface area contributed by atoms with Crippen LogP contribution in [-0.2, 0) is 22.6 Å². The number of rotatable bonds is 8. The summed E-state index contributed by atoms with van der Waals surface area (Å²) in [7, 11) is 0. The summed E-state index contributed by atoms with van der Waals surface area (Å²) in [6, 6.07) is 16.5. The Labute approximate surface area is 171 Å². The lowest BCUT2D eigenvalue weighted by Gasteiger charge is -2.34. The molecule has 1 saturated heterocycles. The molecule has 2 aromatic carbocycles. The van der Waals surface area contributed by atoms with Gasteiger partial charge in [-0.05, 0) is 29.7 Å². The maximum atomic E-state index is 12.9. The molecule has 1 heterocycles. The molecule has 2 amide bonds. The van der Waals surface area contributed by atoms with Crippen molar-refractivity contribution in [3.63, 3.8) is 0 Å². The lowest BCUT2D eigenvalue weighted by atomic mass is 10.1. The first-order valence-corrected chi connectivity index (χ1v) is 10.2. The van der Waals surface area contributed by atoms with Crippen molar-refractivity contribution in [3.05, 3.63) is 71.5 Å². The van der Waals surface area contributed by atoms with Gasteiger partial charge in [0.2, 0.25) is 11.8 Å². The number of amides is 2. The van der Waals surface area contributed by atoms with Gasteiger partial charge < -0.3 is 10.2 Å². The van der Waals surface area contributed by atoms with Gasteiger partial charge in [-0.2, -0.15) is 0 Å². The minimum Gasteiger partial charge on any atom is -0.356 e. The number of carbonyl (C=O) groups is 2. The first kappa shape index (κ1) is 21.0. The molecule has 0 aliphatic carbocycles. The minimum atomic E-state index is -0.280. The second-order valence-electron chi connectivity index (χ2n) is 7.37. The second kappa shape index (κ2) is 10.7. The molecule has 1 N–H and O–H groups in total. The summed E-state index contributed by atoms with van der Waals surface area (Å²) in [6.45, 7) is 4.45. The average Bonchev–Trinajstić information content (AvgIpc) is 2.74. The largest absolute Gasteiger partial charge is 0.356 e. The maximum absolute atomic E-state index is 12.9. The standard InChI is InChI=1S/C23H28FN3O2/c24-21-9-6-19(7-10-21)8-11-22(28)25-13-12-23(29)27-16-14-26(15-17-27)18-20-4-2-1-3-5-20/h1-7,9-10H,8,11-18H2,(H,25,28). The van der Waals surface area contributed by atoms with E-state index < -0.39 is 0 Å². The smallest absolute Gasteiger partial charge is 0.224 e. The van der Waals surface area contributed by atoms with Gasteiger partial charge in [0.1, 0.15) is 5.82 Å². The van der Waals surface area contributed by atoms with Gasteiger partial charge in [-0.25, -0.2) is 4.39 Å². The fraction of sp³-hybridized carbons (Fsp3) is 0.391. The van der Waals surface area contributed by atoms with E-state index in [-0.39, 0.29) is 17.6 Å². The van der Waals surface area contributed by atoms with Crippen LogP contribution >= 0.6 is 0 Å². The lowest BCUT2D eigenvalue weighted by molar-refractivity contribution is -0.133. The van der Waals surface area contributed by atoms with Gasteiger partial charge in [0, 0.05) is 52.1 Å². The molecule has 2 aromatic rings. The Balaban J connectivity index is 1.29. The van der Waals surface area contributed by atoms with Gasteiger partial charge in [0.25, 0.3) is 0 Å². The number of benzene rings is 2. The number of carbonyl (C=O) groups excluding carboxylic acids is 2. The number of halogens is 1. The number of aryl methyl sites for hydroxylation is 1. The van der Waals surface area contributed by atoms with E-state index in [1.807, 2.05) is 23.1 Å². The number of nitrogens with zero attached hydrogens (tertiary/aromatic N) is 2. The maximum Gasteiger partial charge on any atom is 0.224 e. The Hall–Kier alpha value is -2.73. The predicted octanol–water partition coefficient (Wildman–Crippen LogP) is 2.61. The Morgan fingerprint density at radius 1 is 0.862 bits per heavy atom. The van der Waals surface area contributed by atoms with Crippen LogP contribution in [0.25, 0.3) is 0 Å². The summed E-state index contributed by atoms with van der Waals surface area (Å²) in [5.74, 6) is -0.282. The third-order valence-corrected chi connectivity index (χ3v) is 5.19. The molecular weight excluding hydrogens is 369 g/mol. The first-order valence-electron chi connectivity index (χ1n) is 10.2. The van der Waals surface area contributed by atoms with E-state index in [4.69, 9.17) is 0 Å². The zero-order valence-electron chi connectivity index (χ0n) is 16.6. The van der Waals surface area contributed by atoms with Crippen LogP contribution in [0.15, 0.2) is 54.6 Å². The lowest BCUT2D eigenvalue weighted by Crippen LogP contribution is -2.48. The SMILES string of the molecule is O=C(CCc1ccc(F)cc1)NCCC(=O)N1CCN(Cc2ccccc2)CC1. The quantitative estimate of drug-likeness (QED) is 0.745. The Morgan fingerprint density at radius 2 is 1.55 bits per heavy atom. The van der Waals surface area contributed by atoms with Crippen molar-refractivity contribution in [3.8, 4) is 0 Å². The van der Waals surface area contributed by atoms with Gasteiger partial charge >= 0.3 is 0 Å². The monoisotopic (exact) mass is 397 g/mol. The molecule has 5 nitrogen and oxygen atoms in total. The number of hydrogen-bond acceptors (Lipinski definition) is 3. The van der Waals surface area contributed by atoms with Crippen molar-refractivity contribution in [1.82, 2.24) is 15.1 Å². The highest BCUT2D eigenvalue weighted by Crippen LogP contribution is 2.09. The van der Waals surface area contributed by atoms with Crippen molar-refractivity contribution < 1.29 is 14.0 Å². The molecule has 29 heavy (non-hydrogen) atoms. The Bertz CT molecular complexity index is 788. The molecule has 0 radical (unpaired) electrons. The van der Waals surface area contributed by atoms with Crippen molar-refractivity contribution >= 4 is 11.8 Å². The van der Waals surface area contributed by atoms with Crippen LogP contribution in [0.2, 0.25) is 0 Å². The van der Waals surface area contributed by atoms with Crippen molar-refractivity contribution in [2.75, 3.05) is 32.7 Å². The number of hydrogen-bond donors (Lipinski definition) is 1. The van der Waals surface area contributed by atoms with E-state index in [2.05, 4.69) is 22.3 Å². The Kier molecular flexibility index (Phi) is 7.76. The summed E-state index contributed by atoms with van der Waals surface area (Å²) in [5.41, 5.74) is 2.21. The van der Waals surface area contributed by atoms with E-state index in [0.717, 1.165) is 38.3 Å². The van der Waals surface area contributed by atoms with Crippen LogP contribution in [-0.4, -0.2) is 54.3 Å². The van der Waals surface area contributed by atoms with Crippen molar-refractivity contribution in [2.24, 2.45) is 0 Å². The van der Waals surface area contributed by atoms with Gasteiger partial charge in [0.15, 0.2) is 0 Å². The fourth-order valence-electron chi connectivity index (χ4n) is 3.46. The summed E-state index contributed by atoms with van der Waals surface area (Å²) in [5, 5.41) is 2.80. The van der Waals surface area contributed by atoms with E-state index in [1.54, 1.807) is 12.1 Å². The summed E-state index contributed by atoms with van der Waals surface area (Å²) in [6.07, 6.45) is 1.21. The summed E-state index contributed by atoms with van der Waals surface area (Å²) in [4.78, 5) is 28.6. The molecular formula is C23H28FN3O2. The molecule has 1 fully saturated rings. The van der Waals surface area contributed by atoms with Crippen LogP contribution in [0.5, 0.6) is 0 Å². The van der Waals surface area contributed by atoms with Crippen LogP contribution in [0.1, 0.15) is 24.0 Å². The van der Waals surface area contributed by atoms with E-state index in [1.165, 1.54) is 17.7 Å². The van der Waals surface area contributed by atoms with Gasteiger partial charge in [-0.3, -0.25) is 14.5 Å². The van der Waals surface area contributed by atoms with Gasteiger partial charge in [0.05, 0.1) is 0 Å². The molecule has 0 saturated carbocycles. The number of nitrogens with one attached hydrogen (secondary N) is 1. The van der Waals surface area contributed by atoms with Gasteiger partial charge in [-0.15, -0.1) is 0 Å². The minimum absolute atomic E-state index is 0.0863. The topological polar surface area (TPSA) is 52.7 Å². The molecule has 6 heteroatoms. The second-order valence-corrected chi connectivity index (χ2v) is 7.37. The zero-order chi connectivity index (χ0) is 20.5. The summed E-state index contributed by atoms with van der Waals surface area (Å²) >= 11 is 0. The number of piperazine rings is 1. The predicted molar refractivity (Wildman–Crippen MR) is 111 cm³/mol. The van der Waals surface area contributed by atoms with Crippen LogP contribution in [0, 0.1) is 5.82 Å². The molecule has 1 aliphatic rings. The van der Waals surface area contributed by atoms with Crippen LogP contribution < -0.4 is 5.32 Å². The highest BCUT2D eigenvalue weighted by molar-refractivity contribution is 5.79. The first-order chi connectivity index (χ1) is 14.1. The molecule has 154 valence electrons. The molecule has 3 rings (SSSR count). The highest BCUT2D eigenvalue weighted by Gasteiger charge is 2.20. The van der Waals surface area contributed by atoms with E-state index in [0.29, 0.717) is 25.8 Å². The van der Waals surface area contributed by atoms with Gasteiger partial charge in [-0.1, -0.05) is 42.5 Å². The normalized spacial score (nSPS) is 14.6. The fourth-order valence-corrected chi connectivity index (χ4v) is 3.46. The molecule has 0 aromatic heterocycles. The molecule has 0 bridgehead atoms. The summed E-state index contributed by atoms with van der Waals surface area (Å²) < 4.78 is 12.9. The van der Waals surface area contributed by atoms with Crippen molar-refractivity contribution in [1.29, 1.82) is 0 Å². The molecule has 0 atom stereocenters. The third-order valence-electron chi connectivity index (χ3n) is 5.19. The third kappa shape index (κ3) is 6.98. The van der Waals surface area contributed by atoms with Crippen LogP contribution in [0.4, 0.5) is 4.39 Å². The zero-order valence-corrected chi connectivity index (χ0v) is 16.6.